The summed E-state index contributed by atoms with van der Waals surface area (Å²) in [6.07, 6.45) is 2.90. The van der Waals surface area contributed by atoms with Crippen LogP contribution >= 0.6 is 0 Å². The van der Waals surface area contributed by atoms with E-state index in [0.717, 1.165) is 49.2 Å². The molecule has 6 heteroatoms. The second kappa shape index (κ2) is 10.4. The summed E-state index contributed by atoms with van der Waals surface area (Å²) in [5.74, 6) is 1.58. The second-order valence-electron chi connectivity index (χ2n) is 8.52. The molecule has 0 bridgehead atoms. The Kier molecular flexibility index (Phi) is 7.33. The Labute approximate surface area is 190 Å². The summed E-state index contributed by atoms with van der Waals surface area (Å²) in [5, 5.41) is 3.30. The molecule has 2 aromatic rings. The predicted molar refractivity (Wildman–Crippen MR) is 124 cm³/mol. The van der Waals surface area contributed by atoms with Gasteiger partial charge in [-0.05, 0) is 43.0 Å². The van der Waals surface area contributed by atoms with Gasteiger partial charge in [-0.1, -0.05) is 42.8 Å². The summed E-state index contributed by atoms with van der Waals surface area (Å²) in [6, 6.07) is 16.3. The number of rotatable bonds is 9. The van der Waals surface area contributed by atoms with Gasteiger partial charge in [-0.15, -0.1) is 0 Å². The molecule has 6 nitrogen and oxygen atoms in total. The van der Waals surface area contributed by atoms with Crippen molar-refractivity contribution in [2.24, 2.45) is 0 Å². The maximum absolute atomic E-state index is 13.4. The molecule has 1 heterocycles. The van der Waals surface area contributed by atoms with Crippen LogP contribution in [0.3, 0.4) is 0 Å². The molecule has 0 aromatic heterocycles. The molecular formula is C26H34N2O4. The Hall–Kier alpha value is -2.57. The van der Waals surface area contributed by atoms with E-state index in [9.17, 15) is 4.79 Å². The van der Waals surface area contributed by atoms with Gasteiger partial charge in [0.2, 0.25) is 5.91 Å². The lowest BCUT2D eigenvalue weighted by Gasteiger charge is -2.42. The molecule has 1 amide bonds. The fraction of sp³-hybridized carbons (Fsp3) is 0.500. The number of benzene rings is 2. The zero-order chi connectivity index (χ0) is 22.4. The van der Waals surface area contributed by atoms with Crippen molar-refractivity contribution in [3.63, 3.8) is 0 Å². The SMILES string of the molecule is CCOc1ccc(C(CNC(=O)C2(c3ccccc3)CCC2)N2CCOCC2)cc1OC. The average molecular weight is 439 g/mol. The molecule has 172 valence electrons. The van der Waals surface area contributed by atoms with Gasteiger partial charge in [0.05, 0.1) is 38.4 Å². The highest BCUT2D eigenvalue weighted by Crippen LogP contribution is 2.44. The Morgan fingerprint density at radius 2 is 1.88 bits per heavy atom. The van der Waals surface area contributed by atoms with Crippen LogP contribution in [0.15, 0.2) is 48.5 Å². The number of methoxy groups -OCH3 is 1. The van der Waals surface area contributed by atoms with Gasteiger partial charge in [-0.3, -0.25) is 9.69 Å². The lowest BCUT2D eigenvalue weighted by atomic mass is 9.64. The summed E-state index contributed by atoms with van der Waals surface area (Å²) in [7, 11) is 1.66. The third-order valence-electron chi connectivity index (χ3n) is 6.78. The highest BCUT2D eigenvalue weighted by atomic mass is 16.5. The van der Waals surface area contributed by atoms with Gasteiger partial charge in [0.25, 0.3) is 0 Å². The van der Waals surface area contributed by atoms with E-state index in [2.05, 4.69) is 28.4 Å². The van der Waals surface area contributed by atoms with Crippen LogP contribution in [-0.4, -0.2) is 57.4 Å². The van der Waals surface area contributed by atoms with Gasteiger partial charge in [0.15, 0.2) is 11.5 Å². The van der Waals surface area contributed by atoms with Gasteiger partial charge in [0, 0.05) is 19.6 Å². The molecule has 1 saturated carbocycles. The minimum atomic E-state index is -0.396. The lowest BCUT2D eigenvalue weighted by molar-refractivity contribution is -0.130. The van der Waals surface area contributed by atoms with E-state index in [1.54, 1.807) is 7.11 Å². The zero-order valence-corrected chi connectivity index (χ0v) is 19.1. The molecular weight excluding hydrogens is 404 g/mol. The zero-order valence-electron chi connectivity index (χ0n) is 19.1. The van der Waals surface area contributed by atoms with Crippen molar-refractivity contribution in [2.45, 2.75) is 37.6 Å². The van der Waals surface area contributed by atoms with E-state index in [1.807, 2.05) is 37.3 Å². The van der Waals surface area contributed by atoms with Crippen LogP contribution in [0, 0.1) is 0 Å². The molecule has 1 aliphatic carbocycles. The molecule has 0 radical (unpaired) electrons. The first kappa shape index (κ1) is 22.6. The fourth-order valence-electron chi connectivity index (χ4n) is 4.81. The summed E-state index contributed by atoms with van der Waals surface area (Å²) in [6.45, 7) is 6.16. The van der Waals surface area contributed by atoms with E-state index < -0.39 is 5.41 Å². The summed E-state index contributed by atoms with van der Waals surface area (Å²) in [4.78, 5) is 15.8. The first-order valence-corrected chi connectivity index (χ1v) is 11.6. The number of nitrogens with one attached hydrogen (secondary N) is 1. The number of carbonyl (C=O) groups is 1. The van der Waals surface area contributed by atoms with Crippen molar-refractivity contribution in [1.82, 2.24) is 10.2 Å². The molecule has 2 fully saturated rings. The third-order valence-corrected chi connectivity index (χ3v) is 6.78. The lowest BCUT2D eigenvalue weighted by Crippen LogP contribution is -2.51. The normalized spacial score (nSPS) is 18.9. The van der Waals surface area contributed by atoms with Crippen molar-refractivity contribution in [3.05, 3.63) is 59.7 Å². The number of amides is 1. The Morgan fingerprint density at radius 3 is 2.50 bits per heavy atom. The topological polar surface area (TPSA) is 60.0 Å². The molecule has 1 aliphatic heterocycles. The van der Waals surface area contributed by atoms with E-state index in [1.165, 1.54) is 0 Å². The van der Waals surface area contributed by atoms with Crippen molar-refractivity contribution in [2.75, 3.05) is 46.6 Å². The molecule has 1 saturated heterocycles. The van der Waals surface area contributed by atoms with E-state index in [4.69, 9.17) is 14.2 Å². The first-order valence-electron chi connectivity index (χ1n) is 11.6. The van der Waals surface area contributed by atoms with Gasteiger partial charge >= 0.3 is 0 Å². The maximum atomic E-state index is 13.4. The number of ether oxygens (including phenoxy) is 3. The quantitative estimate of drug-likeness (QED) is 0.647. The van der Waals surface area contributed by atoms with Crippen molar-refractivity contribution < 1.29 is 19.0 Å². The standard InChI is InChI=1S/C26H34N2O4/c1-3-32-23-11-10-20(18-24(23)30-2)22(28-14-16-31-17-15-28)19-27-25(29)26(12-7-13-26)21-8-5-4-6-9-21/h4-6,8-11,18,22H,3,7,12-17,19H2,1-2H3,(H,27,29). The molecule has 1 unspecified atom stereocenters. The smallest absolute Gasteiger partial charge is 0.230 e. The van der Waals surface area contributed by atoms with Crippen LogP contribution in [0.4, 0.5) is 0 Å². The predicted octanol–water partition coefficient (Wildman–Crippen LogP) is 3.71. The second-order valence-corrected chi connectivity index (χ2v) is 8.52. The van der Waals surface area contributed by atoms with E-state index in [0.29, 0.717) is 32.1 Å². The van der Waals surface area contributed by atoms with Crippen LogP contribution in [0.5, 0.6) is 11.5 Å². The van der Waals surface area contributed by atoms with Crippen LogP contribution in [-0.2, 0) is 14.9 Å². The van der Waals surface area contributed by atoms with Crippen LogP contribution in [0.1, 0.15) is 43.4 Å². The monoisotopic (exact) mass is 438 g/mol. The Bertz CT molecular complexity index is 892. The minimum Gasteiger partial charge on any atom is -0.493 e. The Balaban J connectivity index is 1.54. The van der Waals surface area contributed by atoms with Gasteiger partial charge < -0.3 is 19.5 Å². The van der Waals surface area contributed by atoms with E-state index >= 15 is 0 Å². The fourth-order valence-corrected chi connectivity index (χ4v) is 4.81. The van der Waals surface area contributed by atoms with Gasteiger partial charge in [-0.25, -0.2) is 0 Å². The van der Waals surface area contributed by atoms with Gasteiger partial charge in [-0.2, -0.15) is 0 Å². The Morgan fingerprint density at radius 1 is 1.12 bits per heavy atom. The molecule has 4 rings (SSSR count). The van der Waals surface area contributed by atoms with Crippen LogP contribution in [0.2, 0.25) is 0 Å². The highest BCUT2D eigenvalue weighted by molar-refractivity contribution is 5.89. The molecule has 2 aromatic carbocycles. The van der Waals surface area contributed by atoms with E-state index in [-0.39, 0.29) is 11.9 Å². The molecule has 1 atom stereocenters. The molecule has 1 N–H and O–H groups in total. The molecule has 0 spiro atoms. The number of carbonyl (C=O) groups excluding carboxylic acids is 1. The molecule has 2 aliphatic rings. The summed E-state index contributed by atoms with van der Waals surface area (Å²) in [5.41, 5.74) is 1.83. The largest absolute Gasteiger partial charge is 0.493 e. The number of morpholine rings is 1. The average Bonchev–Trinajstić information content (AvgIpc) is 2.81. The van der Waals surface area contributed by atoms with Crippen LogP contribution in [0.25, 0.3) is 0 Å². The third kappa shape index (κ3) is 4.62. The maximum Gasteiger partial charge on any atom is 0.230 e. The number of hydrogen-bond acceptors (Lipinski definition) is 5. The highest BCUT2D eigenvalue weighted by Gasteiger charge is 2.45. The summed E-state index contributed by atoms with van der Waals surface area (Å²) >= 11 is 0. The number of hydrogen-bond donors (Lipinski definition) is 1. The minimum absolute atomic E-state index is 0.0420. The molecule has 32 heavy (non-hydrogen) atoms. The van der Waals surface area contributed by atoms with Crippen LogP contribution < -0.4 is 14.8 Å². The van der Waals surface area contributed by atoms with Crippen molar-refractivity contribution >= 4 is 5.91 Å². The van der Waals surface area contributed by atoms with Crippen molar-refractivity contribution in [3.8, 4) is 11.5 Å². The first-order chi connectivity index (χ1) is 15.7. The van der Waals surface area contributed by atoms with Crippen molar-refractivity contribution in [1.29, 1.82) is 0 Å². The van der Waals surface area contributed by atoms with Gasteiger partial charge in [0.1, 0.15) is 0 Å². The number of nitrogens with zero attached hydrogens (tertiary/aromatic N) is 1. The summed E-state index contributed by atoms with van der Waals surface area (Å²) < 4.78 is 16.9.